The van der Waals surface area contributed by atoms with E-state index in [9.17, 15) is 18.0 Å². The number of hydrogen-bond acceptors (Lipinski definition) is 2. The zero-order valence-electron chi connectivity index (χ0n) is 14.2. The summed E-state index contributed by atoms with van der Waals surface area (Å²) >= 11 is 0. The monoisotopic (exact) mass is 350 g/mol. The predicted molar refractivity (Wildman–Crippen MR) is 92.0 cm³/mol. The number of nitrogen functional groups attached to an aromatic ring is 1. The molecule has 0 aliphatic carbocycles. The van der Waals surface area contributed by atoms with Crippen molar-refractivity contribution >= 4 is 11.6 Å². The summed E-state index contributed by atoms with van der Waals surface area (Å²) in [5.41, 5.74) is 6.25. The van der Waals surface area contributed by atoms with E-state index in [0.717, 1.165) is 17.7 Å². The molecule has 2 aromatic rings. The molecule has 0 atom stereocenters. The molecular weight excluding hydrogens is 329 g/mol. The van der Waals surface area contributed by atoms with Crippen LogP contribution < -0.4 is 11.1 Å². The maximum Gasteiger partial charge on any atom is 0.416 e. The second kappa shape index (κ2) is 7.17. The van der Waals surface area contributed by atoms with Crippen LogP contribution in [0.1, 0.15) is 30.5 Å². The number of alkyl halides is 3. The first kappa shape index (κ1) is 18.8. The highest BCUT2D eigenvalue weighted by Gasteiger charge is 2.32. The average molecular weight is 350 g/mol. The highest BCUT2D eigenvalue weighted by Crippen LogP contribution is 2.32. The van der Waals surface area contributed by atoms with E-state index < -0.39 is 17.2 Å². The molecule has 0 aliphatic rings. The Labute approximate surface area is 145 Å². The van der Waals surface area contributed by atoms with E-state index in [1.54, 1.807) is 44.2 Å². The lowest BCUT2D eigenvalue weighted by molar-refractivity contribution is -0.137. The lowest BCUT2D eigenvalue weighted by Crippen LogP contribution is -2.37. The number of hydrogen-bond donors (Lipinski definition) is 2. The number of nitrogens with two attached hydrogens (primary N) is 1. The molecule has 3 N–H and O–H groups in total. The third kappa shape index (κ3) is 5.24. The van der Waals surface area contributed by atoms with E-state index in [0.29, 0.717) is 11.3 Å². The Morgan fingerprint density at radius 3 is 2.24 bits per heavy atom. The third-order valence-electron chi connectivity index (χ3n) is 4.04. The smallest absolute Gasteiger partial charge is 0.399 e. The van der Waals surface area contributed by atoms with E-state index >= 15 is 0 Å². The van der Waals surface area contributed by atoms with Gasteiger partial charge in [-0.05, 0) is 29.3 Å². The van der Waals surface area contributed by atoms with Gasteiger partial charge in [0.05, 0.1) is 12.0 Å². The molecule has 0 saturated heterocycles. The van der Waals surface area contributed by atoms with Gasteiger partial charge in [0.25, 0.3) is 0 Å². The number of benzene rings is 2. The fourth-order valence-corrected chi connectivity index (χ4v) is 2.42. The molecule has 25 heavy (non-hydrogen) atoms. The molecule has 2 rings (SSSR count). The summed E-state index contributed by atoms with van der Waals surface area (Å²) in [6, 6.07) is 12.2. The molecule has 0 radical (unpaired) electrons. The van der Waals surface area contributed by atoms with Crippen molar-refractivity contribution in [3.05, 3.63) is 65.2 Å². The van der Waals surface area contributed by atoms with Crippen LogP contribution in [0.3, 0.4) is 0 Å². The summed E-state index contributed by atoms with van der Waals surface area (Å²) in [6.07, 6.45) is -4.19. The van der Waals surface area contributed by atoms with Gasteiger partial charge in [0, 0.05) is 17.6 Å². The largest absolute Gasteiger partial charge is 0.416 e. The average Bonchev–Trinajstić information content (AvgIpc) is 2.55. The first-order valence-corrected chi connectivity index (χ1v) is 7.87. The van der Waals surface area contributed by atoms with Crippen LogP contribution in [0.4, 0.5) is 18.9 Å². The summed E-state index contributed by atoms with van der Waals surface area (Å²) in [5, 5.41) is 2.79. The third-order valence-corrected chi connectivity index (χ3v) is 4.04. The molecule has 0 fully saturated rings. The molecule has 2 aromatic carbocycles. The van der Waals surface area contributed by atoms with Gasteiger partial charge in [-0.3, -0.25) is 4.79 Å². The summed E-state index contributed by atoms with van der Waals surface area (Å²) in [4.78, 5) is 12.1. The molecule has 0 bridgehead atoms. The number of rotatable bonds is 5. The lowest BCUT2D eigenvalue weighted by Gasteiger charge is -2.26. The Morgan fingerprint density at radius 1 is 1.04 bits per heavy atom. The highest BCUT2D eigenvalue weighted by atomic mass is 19.4. The number of carbonyl (C=O) groups excluding carboxylic acids is 1. The molecule has 0 spiro atoms. The van der Waals surface area contributed by atoms with Crippen molar-refractivity contribution < 1.29 is 18.0 Å². The van der Waals surface area contributed by atoms with Crippen molar-refractivity contribution in [1.29, 1.82) is 0 Å². The molecule has 0 heterocycles. The Hall–Kier alpha value is -2.50. The van der Waals surface area contributed by atoms with Crippen LogP contribution in [-0.2, 0) is 22.8 Å². The SMILES string of the molecule is CC(C)(CNC(=O)Cc1ccc(N)cc1)c1cccc(C(F)(F)F)c1. The second-order valence-corrected chi connectivity index (χ2v) is 6.66. The van der Waals surface area contributed by atoms with Crippen LogP contribution >= 0.6 is 0 Å². The molecule has 0 aromatic heterocycles. The van der Waals surface area contributed by atoms with E-state index in [4.69, 9.17) is 5.73 Å². The molecule has 0 aliphatic heterocycles. The van der Waals surface area contributed by atoms with E-state index in [1.165, 1.54) is 6.07 Å². The first-order valence-electron chi connectivity index (χ1n) is 7.87. The maximum absolute atomic E-state index is 12.9. The topological polar surface area (TPSA) is 55.1 Å². The maximum atomic E-state index is 12.9. The second-order valence-electron chi connectivity index (χ2n) is 6.66. The fraction of sp³-hybridized carbons (Fsp3) is 0.316. The molecule has 3 nitrogen and oxygen atoms in total. The van der Waals surface area contributed by atoms with Gasteiger partial charge in [-0.1, -0.05) is 44.2 Å². The van der Waals surface area contributed by atoms with Gasteiger partial charge in [0.1, 0.15) is 0 Å². The van der Waals surface area contributed by atoms with Crippen molar-refractivity contribution in [2.45, 2.75) is 31.9 Å². The number of halogens is 3. The molecule has 0 saturated carbocycles. The Kier molecular flexibility index (Phi) is 5.40. The van der Waals surface area contributed by atoms with Crippen LogP contribution in [0.5, 0.6) is 0 Å². The van der Waals surface area contributed by atoms with Crippen LogP contribution in [0.25, 0.3) is 0 Å². The molecule has 134 valence electrons. The van der Waals surface area contributed by atoms with Crippen molar-refractivity contribution in [1.82, 2.24) is 5.32 Å². The van der Waals surface area contributed by atoms with Crippen LogP contribution in [0, 0.1) is 0 Å². The van der Waals surface area contributed by atoms with E-state index in [1.807, 2.05) is 0 Å². The van der Waals surface area contributed by atoms with Crippen molar-refractivity contribution in [2.24, 2.45) is 0 Å². The summed E-state index contributed by atoms with van der Waals surface area (Å²) in [6.45, 7) is 3.83. The summed E-state index contributed by atoms with van der Waals surface area (Å²) in [7, 11) is 0. The van der Waals surface area contributed by atoms with Gasteiger partial charge in [0.15, 0.2) is 0 Å². The number of amides is 1. The molecule has 0 unspecified atom stereocenters. The number of nitrogens with one attached hydrogen (secondary N) is 1. The Morgan fingerprint density at radius 2 is 1.64 bits per heavy atom. The summed E-state index contributed by atoms with van der Waals surface area (Å²) in [5.74, 6) is -0.190. The van der Waals surface area contributed by atoms with Gasteiger partial charge < -0.3 is 11.1 Å². The van der Waals surface area contributed by atoms with Gasteiger partial charge in [-0.15, -0.1) is 0 Å². The van der Waals surface area contributed by atoms with E-state index in [-0.39, 0.29) is 18.9 Å². The fourth-order valence-electron chi connectivity index (χ4n) is 2.42. The molecular formula is C19H21F3N2O. The standard InChI is InChI=1S/C19H21F3N2O/c1-18(2,14-4-3-5-15(11-14)19(20,21)22)12-24-17(25)10-13-6-8-16(23)9-7-13/h3-9,11H,10,12,23H2,1-2H3,(H,24,25). The van der Waals surface area contributed by atoms with Gasteiger partial charge in [-0.25, -0.2) is 0 Å². The zero-order valence-corrected chi connectivity index (χ0v) is 14.2. The van der Waals surface area contributed by atoms with Gasteiger partial charge in [0.2, 0.25) is 5.91 Å². The molecule has 1 amide bonds. The number of anilines is 1. The first-order chi connectivity index (χ1) is 11.6. The highest BCUT2D eigenvalue weighted by molar-refractivity contribution is 5.78. The van der Waals surface area contributed by atoms with Gasteiger partial charge >= 0.3 is 6.18 Å². The Balaban J connectivity index is 2.01. The van der Waals surface area contributed by atoms with Crippen LogP contribution in [0.15, 0.2) is 48.5 Å². The van der Waals surface area contributed by atoms with Crippen LogP contribution in [-0.4, -0.2) is 12.5 Å². The quantitative estimate of drug-likeness (QED) is 0.803. The summed E-state index contributed by atoms with van der Waals surface area (Å²) < 4.78 is 38.6. The minimum atomic E-state index is -4.38. The lowest BCUT2D eigenvalue weighted by atomic mass is 9.83. The van der Waals surface area contributed by atoms with E-state index in [2.05, 4.69) is 5.32 Å². The molecule has 6 heteroatoms. The van der Waals surface area contributed by atoms with Crippen molar-refractivity contribution in [3.8, 4) is 0 Å². The minimum Gasteiger partial charge on any atom is -0.399 e. The van der Waals surface area contributed by atoms with Crippen LogP contribution in [0.2, 0.25) is 0 Å². The number of carbonyl (C=O) groups is 1. The van der Waals surface area contributed by atoms with Crippen molar-refractivity contribution in [3.63, 3.8) is 0 Å². The predicted octanol–water partition coefficient (Wildman–Crippen LogP) is 3.92. The Bertz CT molecular complexity index is 737. The van der Waals surface area contributed by atoms with Crippen molar-refractivity contribution in [2.75, 3.05) is 12.3 Å². The van der Waals surface area contributed by atoms with Gasteiger partial charge in [-0.2, -0.15) is 13.2 Å². The normalized spacial score (nSPS) is 12.0. The minimum absolute atomic E-state index is 0.190. The zero-order chi connectivity index (χ0) is 18.7.